The average molecular weight is 303 g/mol. The first-order valence-corrected chi connectivity index (χ1v) is 5.78. The summed E-state index contributed by atoms with van der Waals surface area (Å²) >= 11 is 0. The van der Waals surface area contributed by atoms with E-state index in [2.05, 4.69) is 0 Å². The molecule has 0 radical (unpaired) electrons. The van der Waals surface area contributed by atoms with Gasteiger partial charge in [0.05, 0.1) is 5.69 Å². The van der Waals surface area contributed by atoms with Crippen molar-refractivity contribution in [1.82, 2.24) is 0 Å². The second-order valence-corrected chi connectivity index (χ2v) is 4.14. The number of hydrogen-bond acceptors (Lipinski definition) is 1. The summed E-state index contributed by atoms with van der Waals surface area (Å²) in [5, 5.41) is 0. The first kappa shape index (κ1) is 16.6. The minimum Gasteiger partial charge on any atom is -0.303 e. The summed E-state index contributed by atoms with van der Waals surface area (Å²) < 4.78 is 90.3. The lowest BCUT2D eigenvalue weighted by molar-refractivity contribution is -0.281. The highest BCUT2D eigenvalue weighted by Crippen LogP contribution is 2.41. The van der Waals surface area contributed by atoms with Crippen molar-refractivity contribution in [3.8, 4) is 0 Å². The van der Waals surface area contributed by atoms with E-state index in [-0.39, 0.29) is 17.4 Å². The Morgan fingerprint density at radius 3 is 2.10 bits per heavy atom. The number of rotatable bonds is 5. The van der Waals surface area contributed by atoms with Crippen molar-refractivity contribution in [3.05, 3.63) is 29.8 Å². The number of alkyl halides is 5. The smallest absolute Gasteiger partial charge is 0.303 e. The van der Waals surface area contributed by atoms with Gasteiger partial charge in [-0.2, -0.15) is 22.0 Å². The Labute approximate surface area is 111 Å². The summed E-state index contributed by atoms with van der Waals surface area (Å²) in [6.45, 7) is 0.885. The lowest BCUT2D eigenvalue weighted by Gasteiger charge is -2.34. The molecule has 0 spiro atoms. The van der Waals surface area contributed by atoms with Crippen molar-refractivity contribution in [2.24, 2.45) is 0 Å². The van der Waals surface area contributed by atoms with E-state index < -0.39 is 36.1 Å². The first-order chi connectivity index (χ1) is 9.11. The highest BCUT2D eigenvalue weighted by Gasteiger charge is 2.62. The van der Waals surface area contributed by atoms with Gasteiger partial charge in [0.1, 0.15) is 11.6 Å². The van der Waals surface area contributed by atoms with Gasteiger partial charge in [0.25, 0.3) is 0 Å². The van der Waals surface area contributed by atoms with Gasteiger partial charge in [0.15, 0.2) is 0 Å². The van der Waals surface area contributed by atoms with Crippen molar-refractivity contribution < 1.29 is 30.7 Å². The van der Waals surface area contributed by atoms with Gasteiger partial charge in [0.2, 0.25) is 0 Å². The maximum Gasteiger partial charge on any atom is 0.475 e. The van der Waals surface area contributed by atoms with Gasteiger partial charge in [-0.3, -0.25) is 0 Å². The molecule has 114 valence electrons. The van der Waals surface area contributed by atoms with Crippen LogP contribution in [0.15, 0.2) is 18.2 Å². The molecule has 0 amide bonds. The zero-order valence-electron chi connectivity index (χ0n) is 10.4. The molecule has 0 atom stereocenters. The SMILES string of the molecule is CCCCN(c1ccc(F)cc1F)C(F)(F)C(F)(F)F. The highest BCUT2D eigenvalue weighted by molar-refractivity contribution is 5.49. The lowest BCUT2D eigenvalue weighted by Crippen LogP contribution is -2.53. The fourth-order valence-corrected chi connectivity index (χ4v) is 1.58. The number of hydrogen-bond donors (Lipinski definition) is 0. The molecule has 1 aromatic carbocycles. The summed E-state index contributed by atoms with van der Waals surface area (Å²) in [4.78, 5) is -0.384. The minimum absolute atomic E-state index is 0.00247. The van der Waals surface area contributed by atoms with Gasteiger partial charge in [-0.1, -0.05) is 13.3 Å². The fourth-order valence-electron chi connectivity index (χ4n) is 1.58. The van der Waals surface area contributed by atoms with Gasteiger partial charge in [0, 0.05) is 12.6 Å². The molecule has 1 nitrogen and oxygen atoms in total. The van der Waals surface area contributed by atoms with Gasteiger partial charge in [-0.25, -0.2) is 8.78 Å². The molecule has 0 aliphatic heterocycles. The van der Waals surface area contributed by atoms with E-state index in [1.165, 1.54) is 0 Å². The maximum absolute atomic E-state index is 13.5. The Morgan fingerprint density at radius 1 is 1.05 bits per heavy atom. The monoisotopic (exact) mass is 303 g/mol. The molecule has 0 saturated carbocycles. The van der Waals surface area contributed by atoms with Crippen LogP contribution in [0.2, 0.25) is 0 Å². The number of halogens is 7. The van der Waals surface area contributed by atoms with E-state index in [1.807, 2.05) is 0 Å². The Morgan fingerprint density at radius 2 is 1.65 bits per heavy atom. The predicted molar refractivity (Wildman–Crippen MR) is 59.6 cm³/mol. The Balaban J connectivity index is 3.25. The minimum atomic E-state index is -5.86. The third-order valence-corrected chi connectivity index (χ3v) is 2.62. The lowest BCUT2D eigenvalue weighted by atomic mass is 10.2. The van der Waals surface area contributed by atoms with Crippen molar-refractivity contribution in [1.29, 1.82) is 0 Å². The molecular formula is C12H12F7N. The van der Waals surface area contributed by atoms with E-state index in [0.717, 1.165) is 0 Å². The Kier molecular flexibility index (Phi) is 4.88. The predicted octanol–water partition coefficient (Wildman–Crippen LogP) is 4.73. The molecule has 0 heterocycles. The molecule has 0 aliphatic carbocycles. The second-order valence-electron chi connectivity index (χ2n) is 4.14. The molecule has 0 aromatic heterocycles. The molecular weight excluding hydrogens is 291 g/mol. The van der Waals surface area contributed by atoms with Crippen LogP contribution in [-0.2, 0) is 0 Å². The zero-order valence-corrected chi connectivity index (χ0v) is 10.4. The quantitative estimate of drug-likeness (QED) is 0.561. The van der Waals surface area contributed by atoms with Crippen molar-refractivity contribution in [2.45, 2.75) is 32.0 Å². The fraction of sp³-hybridized carbons (Fsp3) is 0.500. The van der Waals surface area contributed by atoms with Crippen molar-refractivity contribution in [2.75, 3.05) is 11.4 Å². The van der Waals surface area contributed by atoms with Crippen LogP contribution < -0.4 is 4.90 Å². The van der Waals surface area contributed by atoms with Gasteiger partial charge >= 0.3 is 12.2 Å². The van der Waals surface area contributed by atoms with Crippen molar-refractivity contribution >= 4 is 5.69 Å². The third kappa shape index (κ3) is 3.34. The zero-order chi connectivity index (χ0) is 15.6. The molecule has 0 unspecified atom stereocenters. The molecule has 1 rings (SSSR count). The van der Waals surface area contributed by atoms with Crippen LogP contribution in [-0.4, -0.2) is 18.8 Å². The van der Waals surface area contributed by atoms with Crippen LogP contribution >= 0.6 is 0 Å². The Hall–Kier alpha value is -1.47. The van der Waals surface area contributed by atoms with Crippen LogP contribution in [0.5, 0.6) is 0 Å². The molecule has 8 heteroatoms. The standard InChI is InChI=1S/C12H12F7N/c1-2-3-6-20(12(18,19)11(15,16)17)10-5-4-8(13)7-9(10)14/h4-5,7H,2-3,6H2,1H3. The van der Waals surface area contributed by atoms with Gasteiger partial charge in [-0.05, 0) is 18.6 Å². The molecule has 20 heavy (non-hydrogen) atoms. The number of unbranched alkanes of at least 4 members (excludes halogenated alkanes) is 1. The summed E-state index contributed by atoms with van der Waals surface area (Å²) in [7, 11) is 0. The summed E-state index contributed by atoms with van der Waals surface area (Å²) in [6, 6.07) is -3.77. The Bertz CT molecular complexity index is 456. The number of benzene rings is 1. The van der Waals surface area contributed by atoms with E-state index in [1.54, 1.807) is 6.92 Å². The van der Waals surface area contributed by atoms with Gasteiger partial charge < -0.3 is 4.90 Å². The van der Waals surface area contributed by atoms with Crippen LogP contribution in [0.1, 0.15) is 19.8 Å². The first-order valence-electron chi connectivity index (χ1n) is 5.78. The normalized spacial score (nSPS) is 12.6. The summed E-state index contributed by atoms with van der Waals surface area (Å²) in [5.41, 5.74) is -0.984. The molecule has 0 saturated heterocycles. The molecule has 0 aliphatic rings. The molecule has 0 N–H and O–H groups in total. The molecule has 0 fully saturated rings. The van der Waals surface area contributed by atoms with E-state index in [4.69, 9.17) is 0 Å². The molecule has 0 bridgehead atoms. The maximum atomic E-state index is 13.5. The van der Waals surface area contributed by atoms with E-state index >= 15 is 0 Å². The number of anilines is 1. The average Bonchev–Trinajstić information content (AvgIpc) is 2.30. The molecule has 1 aromatic rings. The van der Waals surface area contributed by atoms with E-state index in [0.29, 0.717) is 18.6 Å². The van der Waals surface area contributed by atoms with Crippen LogP contribution in [0.4, 0.5) is 36.4 Å². The van der Waals surface area contributed by atoms with Crippen molar-refractivity contribution in [3.63, 3.8) is 0 Å². The van der Waals surface area contributed by atoms with Gasteiger partial charge in [-0.15, -0.1) is 0 Å². The second kappa shape index (κ2) is 5.88. The van der Waals surface area contributed by atoms with Crippen LogP contribution in [0, 0.1) is 11.6 Å². The summed E-state index contributed by atoms with van der Waals surface area (Å²) in [6.07, 6.45) is -5.52. The third-order valence-electron chi connectivity index (χ3n) is 2.62. The summed E-state index contributed by atoms with van der Waals surface area (Å²) in [5.74, 6) is -2.53. The van der Waals surface area contributed by atoms with E-state index in [9.17, 15) is 30.7 Å². The number of nitrogens with zero attached hydrogens (tertiary/aromatic N) is 1. The van der Waals surface area contributed by atoms with Crippen LogP contribution in [0.25, 0.3) is 0 Å². The highest BCUT2D eigenvalue weighted by atomic mass is 19.4. The largest absolute Gasteiger partial charge is 0.475 e. The topological polar surface area (TPSA) is 3.24 Å². The van der Waals surface area contributed by atoms with Crippen LogP contribution in [0.3, 0.4) is 0 Å².